The van der Waals surface area contributed by atoms with Gasteiger partial charge in [0.2, 0.25) is 0 Å². The monoisotopic (exact) mass is 392 g/mol. The van der Waals surface area contributed by atoms with Crippen LogP contribution in [0, 0.1) is 0 Å². The van der Waals surface area contributed by atoms with Gasteiger partial charge in [-0.3, -0.25) is 0 Å². The van der Waals surface area contributed by atoms with Crippen molar-refractivity contribution in [3.63, 3.8) is 0 Å². The Hall–Kier alpha value is -2.54. The van der Waals surface area contributed by atoms with Crippen LogP contribution in [0.4, 0.5) is 10.6 Å². The van der Waals surface area contributed by atoms with E-state index in [2.05, 4.69) is 10.2 Å². The van der Waals surface area contributed by atoms with Crippen molar-refractivity contribution >= 4 is 23.5 Å². The molecule has 8 heteroatoms. The third kappa shape index (κ3) is 6.60. The highest BCUT2D eigenvalue weighted by Gasteiger charge is 2.23. The lowest BCUT2D eigenvalue weighted by molar-refractivity contribution is 0.0281. The molecule has 1 amide bonds. The smallest absolute Gasteiger partial charge is 0.410 e. The highest BCUT2D eigenvalue weighted by Crippen LogP contribution is 2.24. The number of aromatic nitrogens is 2. The number of nitrogens with two attached hydrogens (primary N) is 1. The first-order valence-corrected chi connectivity index (χ1v) is 8.94. The first-order valence-electron chi connectivity index (χ1n) is 8.56. The first kappa shape index (κ1) is 20.8. The second-order valence-corrected chi connectivity index (χ2v) is 7.58. The number of hydrogen-bond donors (Lipinski definition) is 1. The lowest BCUT2D eigenvalue weighted by atomic mass is 9.99. The van der Waals surface area contributed by atoms with E-state index >= 15 is 0 Å². The van der Waals surface area contributed by atoms with Gasteiger partial charge in [0.05, 0.1) is 6.61 Å². The van der Waals surface area contributed by atoms with Crippen LogP contribution in [0.3, 0.4) is 0 Å². The molecule has 2 rings (SSSR count). The van der Waals surface area contributed by atoms with E-state index in [1.165, 1.54) is 11.0 Å². The zero-order valence-electron chi connectivity index (χ0n) is 16.0. The molecule has 0 saturated heterocycles. The molecule has 146 valence electrons. The molecule has 0 spiro atoms. The van der Waals surface area contributed by atoms with Gasteiger partial charge in [0, 0.05) is 25.6 Å². The van der Waals surface area contributed by atoms with Crippen molar-refractivity contribution < 1.29 is 14.3 Å². The minimum absolute atomic E-state index is 0.102. The minimum atomic E-state index is -0.558. The van der Waals surface area contributed by atoms with E-state index in [-0.39, 0.29) is 23.5 Å². The summed E-state index contributed by atoms with van der Waals surface area (Å²) in [4.78, 5) is 13.8. The maximum atomic E-state index is 12.3. The van der Waals surface area contributed by atoms with Gasteiger partial charge in [-0.25, -0.2) is 4.79 Å². The van der Waals surface area contributed by atoms with Crippen molar-refractivity contribution in [3.05, 3.63) is 47.1 Å². The second kappa shape index (κ2) is 8.90. The number of rotatable bonds is 6. The summed E-state index contributed by atoms with van der Waals surface area (Å²) in [5.74, 6) is 0.414. The number of benzene rings is 1. The average molecular weight is 393 g/mol. The molecule has 1 unspecified atom stereocenters. The molecule has 0 radical (unpaired) electrons. The van der Waals surface area contributed by atoms with Crippen LogP contribution in [0.25, 0.3) is 0 Å². The summed E-state index contributed by atoms with van der Waals surface area (Å²) in [7, 11) is 1.70. The van der Waals surface area contributed by atoms with Crippen molar-refractivity contribution in [1.29, 1.82) is 0 Å². The lowest BCUT2D eigenvalue weighted by Gasteiger charge is -2.28. The van der Waals surface area contributed by atoms with E-state index < -0.39 is 11.7 Å². The molecule has 0 bridgehead atoms. The molecule has 1 aromatic carbocycles. The zero-order chi connectivity index (χ0) is 20.0. The number of nitrogen functional groups attached to an aromatic ring is 1. The van der Waals surface area contributed by atoms with Gasteiger partial charge in [-0.1, -0.05) is 41.9 Å². The number of carbonyl (C=O) groups is 1. The summed E-state index contributed by atoms with van der Waals surface area (Å²) in [6, 6.07) is 11.3. The Kier molecular flexibility index (Phi) is 6.85. The summed E-state index contributed by atoms with van der Waals surface area (Å²) in [6.07, 6.45) is -0.392. The molecule has 2 aromatic rings. The van der Waals surface area contributed by atoms with Gasteiger partial charge in [-0.05, 0) is 26.3 Å². The Balaban J connectivity index is 2.12. The van der Waals surface area contributed by atoms with Crippen LogP contribution in [0.5, 0.6) is 5.75 Å². The summed E-state index contributed by atoms with van der Waals surface area (Å²) in [5.41, 5.74) is 6.26. The van der Waals surface area contributed by atoms with Gasteiger partial charge in [0.25, 0.3) is 0 Å². The fourth-order valence-corrected chi connectivity index (χ4v) is 2.53. The first-order chi connectivity index (χ1) is 12.7. The Morgan fingerprint density at radius 1 is 1.26 bits per heavy atom. The predicted octanol–water partition coefficient (Wildman–Crippen LogP) is 3.74. The number of carbonyl (C=O) groups excluding carboxylic acids is 1. The van der Waals surface area contributed by atoms with E-state index in [0.29, 0.717) is 12.3 Å². The number of amides is 1. The van der Waals surface area contributed by atoms with Crippen molar-refractivity contribution in [2.24, 2.45) is 0 Å². The van der Waals surface area contributed by atoms with Crippen LogP contribution < -0.4 is 10.5 Å². The Morgan fingerprint density at radius 3 is 2.56 bits per heavy atom. The fraction of sp³-hybridized carbons (Fsp3) is 0.421. The van der Waals surface area contributed by atoms with Crippen LogP contribution in [0.2, 0.25) is 5.15 Å². The maximum absolute atomic E-state index is 12.3. The second-order valence-electron chi connectivity index (χ2n) is 7.20. The summed E-state index contributed by atoms with van der Waals surface area (Å²) in [5, 5.41) is 7.61. The number of halogens is 1. The SMILES string of the molecule is CN(CC(COc1cc(Cl)nnc1N)c1ccccc1)C(=O)OC(C)(C)C. The molecule has 2 N–H and O–H groups in total. The average Bonchev–Trinajstić information content (AvgIpc) is 2.60. The number of ether oxygens (including phenoxy) is 2. The summed E-state index contributed by atoms with van der Waals surface area (Å²) < 4.78 is 11.2. The van der Waals surface area contributed by atoms with Crippen LogP contribution in [0.15, 0.2) is 36.4 Å². The molecule has 1 atom stereocenters. The quantitative estimate of drug-likeness (QED) is 0.805. The van der Waals surface area contributed by atoms with E-state index in [9.17, 15) is 4.79 Å². The fourth-order valence-electron chi connectivity index (χ4n) is 2.39. The molecule has 0 fully saturated rings. The zero-order valence-corrected chi connectivity index (χ0v) is 16.7. The van der Waals surface area contributed by atoms with Crippen LogP contribution in [-0.2, 0) is 4.74 Å². The third-order valence-electron chi connectivity index (χ3n) is 3.67. The van der Waals surface area contributed by atoms with E-state index in [4.69, 9.17) is 26.8 Å². The molecule has 1 heterocycles. The third-order valence-corrected chi connectivity index (χ3v) is 3.85. The number of hydrogen-bond acceptors (Lipinski definition) is 6. The Bertz CT molecular complexity index is 765. The van der Waals surface area contributed by atoms with E-state index in [1.807, 2.05) is 51.1 Å². The normalized spacial score (nSPS) is 12.3. The van der Waals surface area contributed by atoms with Crippen molar-refractivity contribution in [2.75, 3.05) is 25.9 Å². The van der Waals surface area contributed by atoms with Gasteiger partial charge >= 0.3 is 6.09 Å². The van der Waals surface area contributed by atoms with E-state index in [1.54, 1.807) is 7.05 Å². The van der Waals surface area contributed by atoms with Crippen LogP contribution in [-0.4, -0.2) is 47.0 Å². The predicted molar refractivity (Wildman–Crippen MR) is 105 cm³/mol. The number of likely N-dealkylation sites (N-methyl/N-ethyl adjacent to an activating group) is 1. The molecule has 1 aromatic heterocycles. The standard InChI is InChI=1S/C19H25ClN4O3/c1-19(2,3)27-18(25)24(4)11-14(13-8-6-5-7-9-13)12-26-15-10-16(20)22-23-17(15)21/h5-10,14H,11-12H2,1-4H3,(H2,21,23). The highest BCUT2D eigenvalue weighted by atomic mass is 35.5. The van der Waals surface area contributed by atoms with Gasteiger partial charge in [0.1, 0.15) is 5.60 Å². The van der Waals surface area contributed by atoms with Crippen molar-refractivity contribution in [1.82, 2.24) is 15.1 Å². The summed E-state index contributed by atoms with van der Waals surface area (Å²) >= 11 is 5.86. The Labute approximate surface area is 164 Å². The van der Waals surface area contributed by atoms with E-state index in [0.717, 1.165) is 5.56 Å². The molecule has 27 heavy (non-hydrogen) atoms. The van der Waals surface area contributed by atoms with Crippen molar-refractivity contribution in [2.45, 2.75) is 32.3 Å². The van der Waals surface area contributed by atoms with Gasteiger partial charge in [-0.15, -0.1) is 10.2 Å². The maximum Gasteiger partial charge on any atom is 0.410 e. The highest BCUT2D eigenvalue weighted by molar-refractivity contribution is 6.29. The molecule has 0 aliphatic rings. The molecular weight excluding hydrogens is 368 g/mol. The van der Waals surface area contributed by atoms with Crippen LogP contribution in [0.1, 0.15) is 32.3 Å². The minimum Gasteiger partial charge on any atom is -0.489 e. The van der Waals surface area contributed by atoms with Gasteiger partial charge in [0.15, 0.2) is 16.7 Å². The molecule has 7 nitrogen and oxygen atoms in total. The molecule has 0 aliphatic heterocycles. The number of nitrogens with zero attached hydrogens (tertiary/aromatic N) is 3. The van der Waals surface area contributed by atoms with Crippen LogP contribution >= 0.6 is 11.6 Å². The topological polar surface area (TPSA) is 90.6 Å². The molecule has 0 saturated carbocycles. The Morgan fingerprint density at radius 2 is 1.93 bits per heavy atom. The number of anilines is 1. The summed E-state index contributed by atoms with van der Waals surface area (Å²) in [6.45, 7) is 6.19. The van der Waals surface area contributed by atoms with Gasteiger partial charge in [-0.2, -0.15) is 0 Å². The largest absolute Gasteiger partial charge is 0.489 e. The van der Waals surface area contributed by atoms with Gasteiger partial charge < -0.3 is 20.1 Å². The van der Waals surface area contributed by atoms with Crippen molar-refractivity contribution in [3.8, 4) is 5.75 Å². The lowest BCUT2D eigenvalue weighted by Crippen LogP contribution is -2.37. The molecular formula is C19H25ClN4O3. The molecule has 0 aliphatic carbocycles.